The number of carbonyl (C=O) groups is 1. The summed E-state index contributed by atoms with van der Waals surface area (Å²) in [6.45, 7) is 4.83. The minimum atomic E-state index is -0.0532. The normalized spacial score (nSPS) is 10.9. The van der Waals surface area contributed by atoms with Gasteiger partial charge in [-0.25, -0.2) is 4.98 Å². The monoisotopic (exact) mass is 327 g/mol. The van der Waals surface area contributed by atoms with Crippen LogP contribution in [-0.2, 0) is 17.9 Å². The lowest BCUT2D eigenvalue weighted by Gasteiger charge is -2.08. The van der Waals surface area contributed by atoms with Gasteiger partial charge in [0.2, 0.25) is 5.91 Å². The number of nitrogens with zero attached hydrogens (tertiary/aromatic N) is 2. The molecule has 5 heteroatoms. The van der Waals surface area contributed by atoms with Gasteiger partial charge in [-0.15, -0.1) is 0 Å². The van der Waals surface area contributed by atoms with Gasteiger partial charge in [-0.3, -0.25) is 4.79 Å². The Morgan fingerprint density at radius 3 is 2.78 bits per heavy atom. The molecular weight excluding hydrogens is 310 g/mol. The van der Waals surface area contributed by atoms with Gasteiger partial charge in [-0.05, 0) is 54.8 Å². The minimum Gasteiger partial charge on any atom is -0.350 e. The van der Waals surface area contributed by atoms with Crippen LogP contribution in [0.3, 0.4) is 0 Å². The van der Waals surface area contributed by atoms with Gasteiger partial charge >= 0.3 is 0 Å². The lowest BCUT2D eigenvalue weighted by molar-refractivity contribution is -0.121. The summed E-state index contributed by atoms with van der Waals surface area (Å²) in [5, 5.41) is 3.58. The number of aromatic nitrogens is 2. The van der Waals surface area contributed by atoms with Crippen molar-refractivity contribution in [1.29, 1.82) is 0 Å². The second-order valence-electron chi connectivity index (χ2n) is 5.70. The van der Waals surface area contributed by atoms with Crippen molar-refractivity contribution in [3.8, 4) is 0 Å². The highest BCUT2D eigenvalue weighted by molar-refractivity contribution is 6.30. The molecular formula is C18H18ClN3O. The Kier molecular flexibility index (Phi) is 4.35. The van der Waals surface area contributed by atoms with Crippen LogP contribution in [0.5, 0.6) is 0 Å². The number of halogens is 1. The van der Waals surface area contributed by atoms with Gasteiger partial charge in [0.1, 0.15) is 6.54 Å². The second kappa shape index (κ2) is 6.42. The summed E-state index contributed by atoms with van der Waals surface area (Å²) >= 11 is 5.94. The topological polar surface area (TPSA) is 46.9 Å². The number of carbonyl (C=O) groups excluding carboxylic acids is 1. The minimum absolute atomic E-state index is 0.0532. The number of rotatable bonds is 4. The molecule has 1 aromatic heterocycles. The number of benzene rings is 2. The molecule has 0 fully saturated rings. The molecule has 1 heterocycles. The SMILES string of the molecule is Cc1cc2ncn(CC(=O)NCc3cccc(Cl)c3)c2cc1C. The van der Waals surface area contributed by atoms with E-state index >= 15 is 0 Å². The number of imidazole rings is 1. The number of amides is 1. The van der Waals surface area contributed by atoms with E-state index in [9.17, 15) is 4.79 Å². The van der Waals surface area contributed by atoms with Crippen molar-refractivity contribution >= 4 is 28.5 Å². The summed E-state index contributed by atoms with van der Waals surface area (Å²) in [4.78, 5) is 16.5. The first-order chi connectivity index (χ1) is 11.0. The zero-order valence-corrected chi connectivity index (χ0v) is 13.9. The van der Waals surface area contributed by atoms with E-state index in [0.717, 1.165) is 16.6 Å². The molecule has 0 saturated carbocycles. The lowest BCUT2D eigenvalue weighted by atomic mass is 10.1. The highest BCUT2D eigenvalue weighted by atomic mass is 35.5. The van der Waals surface area contributed by atoms with E-state index in [0.29, 0.717) is 11.6 Å². The largest absolute Gasteiger partial charge is 0.350 e. The summed E-state index contributed by atoms with van der Waals surface area (Å²) in [5.41, 5.74) is 5.27. The number of hydrogen-bond acceptors (Lipinski definition) is 2. The summed E-state index contributed by atoms with van der Waals surface area (Å²) in [6.07, 6.45) is 1.71. The summed E-state index contributed by atoms with van der Waals surface area (Å²) in [6, 6.07) is 11.6. The fraction of sp³-hybridized carbons (Fsp3) is 0.222. The average molecular weight is 328 g/mol. The Balaban J connectivity index is 1.69. The van der Waals surface area contributed by atoms with E-state index < -0.39 is 0 Å². The molecule has 1 amide bonds. The molecule has 0 atom stereocenters. The fourth-order valence-electron chi connectivity index (χ4n) is 2.50. The van der Waals surface area contributed by atoms with Crippen molar-refractivity contribution in [3.05, 3.63) is 64.4 Å². The van der Waals surface area contributed by atoms with Crippen LogP contribution >= 0.6 is 11.6 Å². The Hall–Kier alpha value is -2.33. The van der Waals surface area contributed by atoms with Crippen LogP contribution in [0.1, 0.15) is 16.7 Å². The highest BCUT2D eigenvalue weighted by Gasteiger charge is 2.08. The van der Waals surface area contributed by atoms with E-state index in [1.807, 2.05) is 34.9 Å². The van der Waals surface area contributed by atoms with Gasteiger partial charge < -0.3 is 9.88 Å². The Morgan fingerprint density at radius 2 is 2.00 bits per heavy atom. The van der Waals surface area contributed by atoms with Crippen LogP contribution in [0.4, 0.5) is 0 Å². The molecule has 0 aliphatic carbocycles. The van der Waals surface area contributed by atoms with Crippen molar-refractivity contribution in [2.45, 2.75) is 26.9 Å². The summed E-state index contributed by atoms with van der Waals surface area (Å²) < 4.78 is 1.87. The van der Waals surface area contributed by atoms with Crippen molar-refractivity contribution < 1.29 is 4.79 Å². The first-order valence-electron chi connectivity index (χ1n) is 7.46. The van der Waals surface area contributed by atoms with E-state index in [2.05, 4.69) is 30.2 Å². The van der Waals surface area contributed by atoms with Gasteiger partial charge in [0.15, 0.2) is 0 Å². The maximum Gasteiger partial charge on any atom is 0.240 e. The maximum atomic E-state index is 12.2. The third-order valence-electron chi connectivity index (χ3n) is 3.93. The van der Waals surface area contributed by atoms with E-state index in [1.54, 1.807) is 6.33 Å². The Morgan fingerprint density at radius 1 is 1.22 bits per heavy atom. The number of fused-ring (bicyclic) bond motifs is 1. The molecule has 1 N–H and O–H groups in total. The molecule has 2 aromatic carbocycles. The molecule has 0 unspecified atom stereocenters. The smallest absolute Gasteiger partial charge is 0.240 e. The van der Waals surface area contributed by atoms with Gasteiger partial charge in [-0.1, -0.05) is 23.7 Å². The Bertz CT molecular complexity index is 870. The molecule has 0 aliphatic heterocycles. The third-order valence-corrected chi connectivity index (χ3v) is 4.16. The van der Waals surface area contributed by atoms with Crippen LogP contribution in [-0.4, -0.2) is 15.5 Å². The van der Waals surface area contributed by atoms with Gasteiger partial charge in [0, 0.05) is 11.6 Å². The zero-order valence-electron chi connectivity index (χ0n) is 13.1. The molecule has 0 spiro atoms. The van der Waals surface area contributed by atoms with Crippen LogP contribution in [0.2, 0.25) is 5.02 Å². The van der Waals surface area contributed by atoms with Crippen molar-refractivity contribution in [3.63, 3.8) is 0 Å². The zero-order chi connectivity index (χ0) is 16.4. The predicted molar refractivity (Wildman–Crippen MR) is 92.5 cm³/mol. The Labute approximate surface area is 140 Å². The quantitative estimate of drug-likeness (QED) is 0.795. The second-order valence-corrected chi connectivity index (χ2v) is 6.14. The number of aryl methyl sites for hydroxylation is 2. The molecule has 118 valence electrons. The molecule has 23 heavy (non-hydrogen) atoms. The van der Waals surface area contributed by atoms with Crippen molar-refractivity contribution in [1.82, 2.24) is 14.9 Å². The fourth-order valence-corrected chi connectivity index (χ4v) is 2.71. The van der Waals surface area contributed by atoms with E-state index in [4.69, 9.17) is 11.6 Å². The molecule has 4 nitrogen and oxygen atoms in total. The first kappa shape index (κ1) is 15.6. The van der Waals surface area contributed by atoms with Crippen molar-refractivity contribution in [2.75, 3.05) is 0 Å². The molecule has 0 radical (unpaired) electrons. The average Bonchev–Trinajstić information content (AvgIpc) is 2.88. The van der Waals surface area contributed by atoms with Crippen molar-refractivity contribution in [2.24, 2.45) is 0 Å². The van der Waals surface area contributed by atoms with Crippen LogP contribution in [0.25, 0.3) is 11.0 Å². The summed E-state index contributed by atoms with van der Waals surface area (Å²) in [5.74, 6) is -0.0532. The summed E-state index contributed by atoms with van der Waals surface area (Å²) in [7, 11) is 0. The predicted octanol–water partition coefficient (Wildman–Crippen LogP) is 3.62. The van der Waals surface area contributed by atoms with E-state index in [-0.39, 0.29) is 12.5 Å². The van der Waals surface area contributed by atoms with Crippen LogP contribution in [0, 0.1) is 13.8 Å². The molecule has 3 rings (SSSR count). The maximum absolute atomic E-state index is 12.2. The van der Waals surface area contributed by atoms with Crippen LogP contribution in [0.15, 0.2) is 42.7 Å². The van der Waals surface area contributed by atoms with Gasteiger partial charge in [0.05, 0.1) is 17.4 Å². The molecule has 0 saturated heterocycles. The van der Waals surface area contributed by atoms with Gasteiger partial charge in [0.25, 0.3) is 0 Å². The number of nitrogens with one attached hydrogen (secondary N) is 1. The molecule has 3 aromatic rings. The number of hydrogen-bond donors (Lipinski definition) is 1. The standard InChI is InChI=1S/C18H18ClN3O/c1-12-6-16-17(7-13(12)2)22(11-21-16)10-18(23)20-9-14-4-3-5-15(19)8-14/h3-8,11H,9-10H2,1-2H3,(H,20,23). The molecule has 0 bridgehead atoms. The third kappa shape index (κ3) is 3.54. The van der Waals surface area contributed by atoms with E-state index in [1.165, 1.54) is 11.1 Å². The lowest BCUT2D eigenvalue weighted by Crippen LogP contribution is -2.26. The highest BCUT2D eigenvalue weighted by Crippen LogP contribution is 2.18. The van der Waals surface area contributed by atoms with Crippen LogP contribution < -0.4 is 5.32 Å². The molecule has 0 aliphatic rings. The van der Waals surface area contributed by atoms with Gasteiger partial charge in [-0.2, -0.15) is 0 Å². The first-order valence-corrected chi connectivity index (χ1v) is 7.84.